The topological polar surface area (TPSA) is 48.5 Å². The molecule has 0 fully saturated rings. The lowest BCUT2D eigenvalue weighted by molar-refractivity contribution is 0.643. The van der Waals surface area contributed by atoms with Crippen molar-refractivity contribution < 1.29 is 0 Å². The zero-order chi connectivity index (χ0) is 14.8. The first-order chi connectivity index (χ1) is 10.2. The van der Waals surface area contributed by atoms with E-state index in [1.54, 1.807) is 6.33 Å². The Balaban J connectivity index is 2.11. The molecular weight excluding hydrogens is 286 g/mol. The molecule has 1 aromatic carbocycles. The van der Waals surface area contributed by atoms with Crippen molar-refractivity contribution in [2.75, 3.05) is 5.88 Å². The smallest absolute Gasteiger partial charge is 0.152 e. The van der Waals surface area contributed by atoms with Crippen LogP contribution >= 0.6 is 11.6 Å². The average molecular weight is 304 g/mol. The van der Waals surface area contributed by atoms with E-state index < -0.39 is 0 Å². The maximum absolute atomic E-state index is 5.93. The largest absolute Gasteiger partial charge is 0.320 e. The van der Waals surface area contributed by atoms with Crippen molar-refractivity contribution >= 4 is 22.6 Å². The van der Waals surface area contributed by atoms with E-state index >= 15 is 0 Å². The van der Waals surface area contributed by atoms with Gasteiger partial charge in [-0.3, -0.25) is 0 Å². The molecule has 0 aliphatic rings. The van der Waals surface area contributed by atoms with Gasteiger partial charge in [0, 0.05) is 18.8 Å². The molecule has 0 aliphatic carbocycles. The van der Waals surface area contributed by atoms with Gasteiger partial charge in [-0.2, -0.15) is 0 Å². The predicted octanol–water partition coefficient (Wildman–Crippen LogP) is 2.79. The minimum Gasteiger partial charge on any atom is -0.320 e. The van der Waals surface area contributed by atoms with Gasteiger partial charge in [0.05, 0.1) is 17.6 Å². The van der Waals surface area contributed by atoms with Crippen LogP contribution < -0.4 is 0 Å². The van der Waals surface area contributed by atoms with Crippen LogP contribution in [0.4, 0.5) is 0 Å². The Morgan fingerprint density at radius 3 is 2.86 bits per heavy atom. The molecule has 0 aliphatic heterocycles. The first kappa shape index (κ1) is 14.1. The number of halogens is 1. The molecule has 3 aromatic rings. The summed E-state index contributed by atoms with van der Waals surface area (Å²) < 4.78 is 4.24. The van der Waals surface area contributed by atoms with E-state index in [0.717, 1.165) is 35.6 Å². The van der Waals surface area contributed by atoms with E-state index in [2.05, 4.69) is 46.8 Å². The van der Waals surface area contributed by atoms with E-state index in [1.165, 1.54) is 5.56 Å². The first-order valence-corrected chi connectivity index (χ1v) is 7.65. The molecule has 6 heteroatoms. The molecule has 0 amide bonds. The number of imidazole rings is 1. The third-order valence-electron chi connectivity index (χ3n) is 3.71. The molecule has 3 rings (SSSR count). The fourth-order valence-electron chi connectivity index (χ4n) is 2.59. The lowest BCUT2D eigenvalue weighted by Crippen LogP contribution is -2.11. The quantitative estimate of drug-likeness (QED) is 0.681. The summed E-state index contributed by atoms with van der Waals surface area (Å²) in [6.07, 6.45) is 2.51. The van der Waals surface area contributed by atoms with Crippen LogP contribution in [-0.4, -0.2) is 30.2 Å². The molecule has 0 unspecified atom stereocenters. The van der Waals surface area contributed by atoms with Gasteiger partial charge in [0.2, 0.25) is 0 Å². The highest BCUT2D eigenvalue weighted by molar-refractivity contribution is 6.17. The van der Waals surface area contributed by atoms with Crippen LogP contribution in [0.1, 0.15) is 24.1 Å². The third kappa shape index (κ3) is 2.53. The number of nitrogens with zero attached hydrogens (tertiary/aromatic N) is 5. The molecule has 0 saturated heterocycles. The molecule has 2 heterocycles. The van der Waals surface area contributed by atoms with Gasteiger partial charge in [-0.15, -0.1) is 21.8 Å². The SMILES string of the molecule is CCn1cnnc1Cn1c(CCCl)nc2c(C)cccc21. The summed E-state index contributed by atoms with van der Waals surface area (Å²) in [4.78, 5) is 4.76. The molecular formula is C15H18ClN5. The summed E-state index contributed by atoms with van der Waals surface area (Å²) in [7, 11) is 0. The highest BCUT2D eigenvalue weighted by atomic mass is 35.5. The fraction of sp³-hybridized carbons (Fsp3) is 0.400. The zero-order valence-electron chi connectivity index (χ0n) is 12.3. The van der Waals surface area contributed by atoms with Crippen LogP contribution in [-0.2, 0) is 19.5 Å². The van der Waals surface area contributed by atoms with Crippen LogP contribution in [0.15, 0.2) is 24.5 Å². The zero-order valence-corrected chi connectivity index (χ0v) is 13.0. The van der Waals surface area contributed by atoms with Crippen molar-refractivity contribution in [1.82, 2.24) is 24.3 Å². The van der Waals surface area contributed by atoms with E-state index in [9.17, 15) is 0 Å². The average Bonchev–Trinajstić information content (AvgIpc) is 3.06. The number of benzene rings is 1. The van der Waals surface area contributed by atoms with Crippen LogP contribution in [0.25, 0.3) is 11.0 Å². The number of fused-ring (bicyclic) bond motifs is 1. The van der Waals surface area contributed by atoms with Gasteiger partial charge in [-0.05, 0) is 25.5 Å². The summed E-state index contributed by atoms with van der Waals surface area (Å²) in [5.74, 6) is 2.50. The Morgan fingerprint density at radius 2 is 2.10 bits per heavy atom. The maximum atomic E-state index is 5.93. The standard InChI is InChI=1S/C15H18ClN5/c1-3-20-10-17-19-14(20)9-21-12-6-4-5-11(2)15(12)18-13(21)7-8-16/h4-6,10H,3,7-9H2,1-2H3. The molecule has 0 saturated carbocycles. The molecule has 5 nitrogen and oxygen atoms in total. The minimum absolute atomic E-state index is 0.558. The summed E-state index contributed by atoms with van der Waals surface area (Å²) in [6.45, 7) is 5.69. The van der Waals surface area contributed by atoms with Crippen LogP contribution in [0, 0.1) is 6.92 Å². The highest BCUT2D eigenvalue weighted by Crippen LogP contribution is 2.21. The molecule has 0 bridgehead atoms. The Hall–Kier alpha value is -1.88. The van der Waals surface area contributed by atoms with E-state index in [-0.39, 0.29) is 0 Å². The van der Waals surface area contributed by atoms with Crippen LogP contribution in [0.2, 0.25) is 0 Å². The normalized spacial score (nSPS) is 11.4. The van der Waals surface area contributed by atoms with Gasteiger partial charge < -0.3 is 9.13 Å². The molecule has 0 N–H and O–H groups in total. The Kier molecular flexibility index (Phi) is 3.92. The number of aromatic nitrogens is 5. The lowest BCUT2D eigenvalue weighted by Gasteiger charge is -2.09. The van der Waals surface area contributed by atoms with Gasteiger partial charge >= 0.3 is 0 Å². The monoisotopic (exact) mass is 303 g/mol. The molecule has 110 valence electrons. The number of hydrogen-bond donors (Lipinski definition) is 0. The second kappa shape index (κ2) is 5.85. The molecule has 0 spiro atoms. The molecule has 21 heavy (non-hydrogen) atoms. The van der Waals surface area contributed by atoms with Crippen LogP contribution in [0.5, 0.6) is 0 Å². The van der Waals surface area contributed by atoms with Crippen molar-refractivity contribution in [2.45, 2.75) is 33.4 Å². The second-order valence-electron chi connectivity index (χ2n) is 5.03. The van der Waals surface area contributed by atoms with E-state index in [4.69, 9.17) is 16.6 Å². The second-order valence-corrected chi connectivity index (χ2v) is 5.41. The number of alkyl halides is 1. The summed E-state index contributed by atoms with van der Waals surface area (Å²) in [5, 5.41) is 8.22. The van der Waals surface area contributed by atoms with Gasteiger partial charge in [0.1, 0.15) is 12.2 Å². The van der Waals surface area contributed by atoms with Crippen molar-refractivity contribution in [3.05, 3.63) is 41.7 Å². The van der Waals surface area contributed by atoms with Crippen molar-refractivity contribution in [1.29, 1.82) is 0 Å². The Morgan fingerprint density at radius 1 is 1.24 bits per heavy atom. The number of aryl methyl sites for hydroxylation is 3. The van der Waals surface area contributed by atoms with Gasteiger partial charge in [-0.1, -0.05) is 12.1 Å². The number of para-hydroxylation sites is 1. The van der Waals surface area contributed by atoms with Crippen molar-refractivity contribution in [3.63, 3.8) is 0 Å². The third-order valence-corrected chi connectivity index (χ3v) is 3.90. The Labute approximate surface area is 128 Å². The van der Waals surface area contributed by atoms with E-state index in [0.29, 0.717) is 12.4 Å². The van der Waals surface area contributed by atoms with Crippen LogP contribution in [0.3, 0.4) is 0 Å². The molecule has 2 aromatic heterocycles. The summed E-state index contributed by atoms with van der Waals surface area (Å²) in [5.41, 5.74) is 3.35. The summed E-state index contributed by atoms with van der Waals surface area (Å²) in [6, 6.07) is 6.24. The summed E-state index contributed by atoms with van der Waals surface area (Å²) >= 11 is 5.93. The van der Waals surface area contributed by atoms with Gasteiger partial charge in [0.15, 0.2) is 5.82 Å². The Bertz CT molecular complexity index is 759. The van der Waals surface area contributed by atoms with E-state index in [1.807, 2.05) is 4.57 Å². The van der Waals surface area contributed by atoms with Gasteiger partial charge in [0.25, 0.3) is 0 Å². The maximum Gasteiger partial charge on any atom is 0.152 e. The minimum atomic E-state index is 0.558. The molecule has 0 atom stereocenters. The number of hydrogen-bond acceptors (Lipinski definition) is 3. The lowest BCUT2D eigenvalue weighted by atomic mass is 10.2. The highest BCUT2D eigenvalue weighted by Gasteiger charge is 2.14. The predicted molar refractivity (Wildman–Crippen MR) is 83.7 cm³/mol. The number of rotatable bonds is 5. The van der Waals surface area contributed by atoms with Crippen molar-refractivity contribution in [3.8, 4) is 0 Å². The first-order valence-electron chi connectivity index (χ1n) is 7.12. The van der Waals surface area contributed by atoms with Crippen molar-refractivity contribution in [2.24, 2.45) is 0 Å². The fourth-order valence-corrected chi connectivity index (χ4v) is 2.76. The molecule has 0 radical (unpaired) electrons. The van der Waals surface area contributed by atoms with Gasteiger partial charge in [-0.25, -0.2) is 4.98 Å².